The number of amides is 1. The number of nitrogens with one attached hydrogen (secondary N) is 1. The fourth-order valence-corrected chi connectivity index (χ4v) is 4.05. The number of benzene rings is 1. The Hall–Kier alpha value is -1.64. The van der Waals surface area contributed by atoms with E-state index in [1.165, 1.54) is 11.3 Å². The van der Waals surface area contributed by atoms with Crippen molar-refractivity contribution in [3.05, 3.63) is 61.4 Å². The third kappa shape index (κ3) is 4.06. The summed E-state index contributed by atoms with van der Waals surface area (Å²) in [5.74, 6) is 0.648. The Morgan fingerprint density at radius 3 is 2.92 bits per heavy atom. The fourth-order valence-electron chi connectivity index (χ4n) is 2.12. The summed E-state index contributed by atoms with van der Waals surface area (Å²) in [6.07, 6.45) is 3.44. The molecule has 1 aromatic carbocycles. The molecule has 0 saturated heterocycles. The Labute approximate surface area is 159 Å². The van der Waals surface area contributed by atoms with Gasteiger partial charge in [-0.25, -0.2) is 0 Å². The molecule has 0 fully saturated rings. The zero-order valence-electron chi connectivity index (χ0n) is 12.6. The number of hydrogen-bond acceptors (Lipinski definition) is 4. The summed E-state index contributed by atoms with van der Waals surface area (Å²) in [7, 11) is 1.64. The zero-order valence-corrected chi connectivity index (χ0v) is 16.6. The van der Waals surface area contributed by atoms with Gasteiger partial charge in [-0.3, -0.25) is 9.48 Å². The van der Waals surface area contributed by atoms with Crippen LogP contribution in [0.3, 0.4) is 0 Å². The van der Waals surface area contributed by atoms with Gasteiger partial charge in [0.05, 0.1) is 34.2 Å². The van der Waals surface area contributed by atoms with Crippen molar-refractivity contribution in [3.63, 3.8) is 0 Å². The van der Waals surface area contributed by atoms with Crippen LogP contribution in [0, 0.1) is 0 Å². The van der Waals surface area contributed by atoms with E-state index in [2.05, 4.69) is 42.3 Å². The lowest BCUT2D eigenvalue weighted by molar-refractivity contribution is 0.103. The average Bonchev–Trinajstić information content (AvgIpc) is 3.14. The van der Waals surface area contributed by atoms with Crippen LogP contribution in [0.4, 0.5) is 5.69 Å². The van der Waals surface area contributed by atoms with Gasteiger partial charge in [0.2, 0.25) is 0 Å². The fraction of sp³-hybridized carbons (Fsp3) is 0.125. The summed E-state index contributed by atoms with van der Waals surface area (Å²) in [4.78, 5) is 12.9. The number of halogens is 2. The molecule has 2 heterocycles. The van der Waals surface area contributed by atoms with Gasteiger partial charge in [0.25, 0.3) is 5.91 Å². The minimum Gasteiger partial charge on any atom is -0.497 e. The van der Waals surface area contributed by atoms with Crippen LogP contribution in [0.5, 0.6) is 5.75 Å². The van der Waals surface area contributed by atoms with E-state index in [1.54, 1.807) is 30.3 Å². The van der Waals surface area contributed by atoms with E-state index in [0.717, 1.165) is 19.6 Å². The van der Waals surface area contributed by atoms with E-state index in [4.69, 9.17) is 4.74 Å². The van der Waals surface area contributed by atoms with Crippen molar-refractivity contribution >= 4 is 54.8 Å². The van der Waals surface area contributed by atoms with Gasteiger partial charge in [0, 0.05) is 10.7 Å². The molecular formula is C16H13Br2N3O2S. The first-order chi connectivity index (χ1) is 11.5. The van der Waals surface area contributed by atoms with E-state index >= 15 is 0 Å². The van der Waals surface area contributed by atoms with Crippen molar-refractivity contribution < 1.29 is 9.53 Å². The highest BCUT2D eigenvalue weighted by Gasteiger charge is 2.13. The number of ether oxygens (including phenoxy) is 1. The number of carbonyl (C=O) groups is 1. The summed E-state index contributed by atoms with van der Waals surface area (Å²) in [5, 5.41) is 7.13. The van der Waals surface area contributed by atoms with E-state index < -0.39 is 0 Å². The maximum Gasteiger partial charge on any atom is 0.265 e. The first kappa shape index (κ1) is 17.2. The van der Waals surface area contributed by atoms with Crippen LogP contribution in [0.25, 0.3) is 0 Å². The lowest BCUT2D eigenvalue weighted by Crippen LogP contribution is -2.09. The lowest BCUT2D eigenvalue weighted by atomic mass is 10.2. The number of carbonyl (C=O) groups excluding carboxylic acids is 1. The molecule has 5 nitrogen and oxygen atoms in total. The standard InChI is InChI=1S/C16H13Br2N3O2S/c1-23-12-4-2-3-10(5-12)8-21-9-11(7-19-21)20-16(22)14-6-13(17)15(18)24-14/h2-7,9H,8H2,1H3,(H,20,22). The molecule has 24 heavy (non-hydrogen) atoms. The van der Waals surface area contributed by atoms with E-state index in [9.17, 15) is 4.79 Å². The summed E-state index contributed by atoms with van der Waals surface area (Å²) >= 11 is 8.14. The number of thiophene rings is 1. The first-order valence-electron chi connectivity index (χ1n) is 6.96. The largest absolute Gasteiger partial charge is 0.497 e. The molecule has 0 unspecified atom stereocenters. The molecule has 0 atom stereocenters. The highest BCUT2D eigenvalue weighted by atomic mass is 79.9. The summed E-state index contributed by atoms with van der Waals surface area (Å²) < 4.78 is 8.74. The Morgan fingerprint density at radius 1 is 1.38 bits per heavy atom. The van der Waals surface area contributed by atoms with Gasteiger partial charge in [0.1, 0.15) is 5.75 Å². The topological polar surface area (TPSA) is 56.1 Å². The van der Waals surface area contributed by atoms with Gasteiger partial charge in [-0.15, -0.1) is 11.3 Å². The Balaban J connectivity index is 1.67. The third-order valence-corrected chi connectivity index (χ3v) is 6.49. The van der Waals surface area contributed by atoms with Crippen molar-refractivity contribution in [2.75, 3.05) is 12.4 Å². The second-order valence-electron chi connectivity index (χ2n) is 4.96. The Morgan fingerprint density at radius 2 is 2.21 bits per heavy atom. The maximum absolute atomic E-state index is 12.2. The molecule has 0 bridgehead atoms. The van der Waals surface area contributed by atoms with E-state index in [-0.39, 0.29) is 5.91 Å². The average molecular weight is 471 g/mol. The molecule has 2 aromatic heterocycles. The summed E-state index contributed by atoms with van der Waals surface area (Å²) in [5.41, 5.74) is 1.73. The number of aromatic nitrogens is 2. The molecule has 3 rings (SSSR count). The van der Waals surface area contributed by atoms with Crippen LogP contribution in [0.2, 0.25) is 0 Å². The monoisotopic (exact) mass is 469 g/mol. The van der Waals surface area contributed by atoms with Gasteiger partial charge in [-0.2, -0.15) is 5.10 Å². The van der Waals surface area contributed by atoms with E-state index in [0.29, 0.717) is 17.1 Å². The zero-order chi connectivity index (χ0) is 17.1. The third-order valence-electron chi connectivity index (χ3n) is 3.24. The second-order valence-corrected chi connectivity index (χ2v) is 8.19. The van der Waals surface area contributed by atoms with Gasteiger partial charge < -0.3 is 10.1 Å². The lowest BCUT2D eigenvalue weighted by Gasteiger charge is -2.04. The molecule has 0 radical (unpaired) electrons. The number of hydrogen-bond donors (Lipinski definition) is 1. The molecule has 124 valence electrons. The Bertz CT molecular complexity index is 856. The number of anilines is 1. The van der Waals surface area contributed by atoms with Gasteiger partial charge >= 0.3 is 0 Å². The molecule has 3 aromatic rings. The molecule has 0 aliphatic rings. The molecular weight excluding hydrogens is 458 g/mol. The quantitative estimate of drug-likeness (QED) is 0.583. The van der Waals surface area contributed by atoms with Crippen LogP contribution in [-0.2, 0) is 6.54 Å². The van der Waals surface area contributed by atoms with Crippen molar-refractivity contribution in [2.24, 2.45) is 0 Å². The van der Waals surface area contributed by atoms with Crippen LogP contribution in [0.1, 0.15) is 15.2 Å². The van der Waals surface area contributed by atoms with Crippen molar-refractivity contribution in [1.29, 1.82) is 0 Å². The van der Waals surface area contributed by atoms with Gasteiger partial charge in [-0.05, 0) is 55.6 Å². The molecule has 0 aliphatic heterocycles. The molecule has 8 heteroatoms. The van der Waals surface area contributed by atoms with Crippen LogP contribution in [0.15, 0.2) is 51.0 Å². The highest BCUT2D eigenvalue weighted by molar-refractivity contribution is 9.13. The summed E-state index contributed by atoms with van der Waals surface area (Å²) in [6, 6.07) is 9.58. The van der Waals surface area contributed by atoms with Crippen LogP contribution >= 0.6 is 43.2 Å². The predicted molar refractivity (Wildman–Crippen MR) is 102 cm³/mol. The molecule has 0 saturated carbocycles. The van der Waals surface area contributed by atoms with Crippen molar-refractivity contribution in [3.8, 4) is 5.75 Å². The van der Waals surface area contributed by atoms with Crippen molar-refractivity contribution in [2.45, 2.75) is 6.54 Å². The highest BCUT2D eigenvalue weighted by Crippen LogP contribution is 2.32. The summed E-state index contributed by atoms with van der Waals surface area (Å²) in [6.45, 7) is 0.600. The predicted octanol–water partition coefficient (Wildman–Crippen LogP) is 4.78. The number of nitrogens with zero attached hydrogens (tertiary/aromatic N) is 2. The first-order valence-corrected chi connectivity index (χ1v) is 9.37. The second kappa shape index (κ2) is 7.50. The maximum atomic E-state index is 12.2. The van der Waals surface area contributed by atoms with E-state index in [1.807, 2.05) is 24.3 Å². The van der Waals surface area contributed by atoms with Crippen molar-refractivity contribution in [1.82, 2.24) is 9.78 Å². The van der Waals surface area contributed by atoms with Crippen LogP contribution < -0.4 is 10.1 Å². The number of rotatable bonds is 5. The molecule has 1 N–H and O–H groups in total. The molecule has 0 aliphatic carbocycles. The normalized spacial score (nSPS) is 10.6. The number of methoxy groups -OCH3 is 1. The SMILES string of the molecule is COc1cccc(Cn2cc(NC(=O)c3cc(Br)c(Br)s3)cn2)c1. The minimum absolute atomic E-state index is 0.160. The smallest absolute Gasteiger partial charge is 0.265 e. The minimum atomic E-state index is -0.160. The molecule has 1 amide bonds. The molecule has 0 spiro atoms. The van der Waals surface area contributed by atoms with Gasteiger partial charge in [0.15, 0.2) is 0 Å². The van der Waals surface area contributed by atoms with Gasteiger partial charge in [-0.1, -0.05) is 12.1 Å². The Kier molecular flexibility index (Phi) is 5.37. The van der Waals surface area contributed by atoms with Crippen LogP contribution in [-0.4, -0.2) is 22.8 Å².